The van der Waals surface area contributed by atoms with Crippen LogP contribution in [0.3, 0.4) is 0 Å². The lowest BCUT2D eigenvalue weighted by molar-refractivity contribution is -0.120. The van der Waals surface area contributed by atoms with E-state index in [0.29, 0.717) is 18.3 Å². The predicted molar refractivity (Wildman–Crippen MR) is 80.4 cm³/mol. The van der Waals surface area contributed by atoms with E-state index in [1.807, 2.05) is 25.7 Å². The molecular formula is C12H20BrN5O. The summed E-state index contributed by atoms with van der Waals surface area (Å²) in [6.07, 6.45) is 1.68. The van der Waals surface area contributed by atoms with Gasteiger partial charge in [0, 0.05) is 25.8 Å². The van der Waals surface area contributed by atoms with Crippen LogP contribution in [0.4, 0.5) is 11.8 Å². The van der Waals surface area contributed by atoms with Crippen molar-refractivity contribution in [2.24, 2.45) is 0 Å². The zero-order chi connectivity index (χ0) is 14.4. The van der Waals surface area contributed by atoms with E-state index in [0.717, 1.165) is 4.47 Å². The lowest BCUT2D eigenvalue weighted by atomic mass is 10.4. The van der Waals surface area contributed by atoms with Crippen LogP contribution in [0.2, 0.25) is 0 Å². The number of likely N-dealkylation sites (N-methyl/N-ethyl adjacent to an activating group) is 1. The summed E-state index contributed by atoms with van der Waals surface area (Å²) >= 11 is 3.36. The largest absolute Gasteiger partial charge is 0.372 e. The van der Waals surface area contributed by atoms with Crippen molar-refractivity contribution < 1.29 is 4.79 Å². The predicted octanol–water partition coefficient (Wildman–Crippen LogP) is 1.63. The van der Waals surface area contributed by atoms with Crippen molar-refractivity contribution >= 4 is 33.6 Å². The Hall–Kier alpha value is -1.37. The number of nitrogens with one attached hydrogen (secondary N) is 2. The molecule has 1 aromatic heterocycles. The van der Waals surface area contributed by atoms with Crippen LogP contribution in [0.5, 0.6) is 0 Å². The Morgan fingerprint density at radius 2 is 2.21 bits per heavy atom. The molecule has 6 nitrogen and oxygen atoms in total. The van der Waals surface area contributed by atoms with Crippen LogP contribution in [0, 0.1) is 0 Å². The zero-order valence-corrected chi connectivity index (χ0v) is 13.3. The number of carbonyl (C=O) groups is 1. The van der Waals surface area contributed by atoms with Crippen molar-refractivity contribution in [1.29, 1.82) is 0 Å². The van der Waals surface area contributed by atoms with E-state index in [1.165, 1.54) is 0 Å². The van der Waals surface area contributed by atoms with Crippen LogP contribution in [0.1, 0.15) is 20.8 Å². The first-order valence-electron chi connectivity index (χ1n) is 6.22. The van der Waals surface area contributed by atoms with E-state index >= 15 is 0 Å². The van der Waals surface area contributed by atoms with Crippen LogP contribution >= 0.6 is 15.9 Å². The first-order chi connectivity index (χ1) is 8.97. The maximum Gasteiger partial charge on any atom is 0.239 e. The van der Waals surface area contributed by atoms with Gasteiger partial charge in [-0.05, 0) is 36.7 Å². The molecule has 0 bridgehead atoms. The average molecular weight is 330 g/mol. The molecule has 0 fully saturated rings. The SMILES string of the molecule is CCN(CC(=O)NC(C)C)c1ncc(Br)c(NC)n1. The summed E-state index contributed by atoms with van der Waals surface area (Å²) in [6, 6.07) is 0.130. The van der Waals surface area contributed by atoms with Crippen molar-refractivity contribution in [1.82, 2.24) is 15.3 Å². The number of nitrogens with zero attached hydrogens (tertiary/aromatic N) is 3. The van der Waals surface area contributed by atoms with Crippen LogP contribution in [-0.4, -0.2) is 42.1 Å². The normalized spacial score (nSPS) is 10.4. The number of hydrogen-bond donors (Lipinski definition) is 2. The Morgan fingerprint density at radius 1 is 1.53 bits per heavy atom. The number of aromatic nitrogens is 2. The van der Waals surface area contributed by atoms with Crippen LogP contribution in [0.15, 0.2) is 10.7 Å². The minimum atomic E-state index is -0.0330. The molecule has 0 aromatic carbocycles. The fraction of sp³-hybridized carbons (Fsp3) is 0.583. The molecule has 0 spiro atoms. The van der Waals surface area contributed by atoms with Gasteiger partial charge in [-0.1, -0.05) is 0 Å². The third-order valence-electron chi connectivity index (χ3n) is 2.42. The number of carbonyl (C=O) groups excluding carboxylic acids is 1. The van der Waals surface area contributed by atoms with Crippen LogP contribution < -0.4 is 15.5 Å². The average Bonchev–Trinajstić information content (AvgIpc) is 2.36. The summed E-state index contributed by atoms with van der Waals surface area (Å²) in [6.45, 7) is 6.75. The molecular weight excluding hydrogens is 310 g/mol. The Kier molecular flexibility index (Phi) is 6.01. The lowest BCUT2D eigenvalue weighted by Crippen LogP contribution is -2.40. The topological polar surface area (TPSA) is 70.2 Å². The Balaban J connectivity index is 2.82. The van der Waals surface area contributed by atoms with E-state index < -0.39 is 0 Å². The van der Waals surface area contributed by atoms with E-state index in [1.54, 1.807) is 13.2 Å². The summed E-state index contributed by atoms with van der Waals surface area (Å²) in [5.41, 5.74) is 0. The zero-order valence-electron chi connectivity index (χ0n) is 11.7. The first kappa shape index (κ1) is 15.7. The standard InChI is InChI=1S/C12H20BrN5O/c1-5-18(7-10(19)16-8(2)3)12-15-6-9(13)11(14-4)17-12/h6,8H,5,7H2,1-4H3,(H,16,19)(H,14,15,17). The summed E-state index contributed by atoms with van der Waals surface area (Å²) < 4.78 is 0.793. The quantitative estimate of drug-likeness (QED) is 0.830. The molecule has 1 heterocycles. The van der Waals surface area contributed by atoms with Crippen molar-refractivity contribution in [3.8, 4) is 0 Å². The van der Waals surface area contributed by atoms with Crippen molar-refractivity contribution in [3.05, 3.63) is 10.7 Å². The minimum Gasteiger partial charge on any atom is -0.372 e. The number of anilines is 2. The number of rotatable bonds is 6. The smallest absolute Gasteiger partial charge is 0.239 e. The highest BCUT2D eigenvalue weighted by atomic mass is 79.9. The highest BCUT2D eigenvalue weighted by Gasteiger charge is 2.14. The Morgan fingerprint density at radius 3 is 2.74 bits per heavy atom. The molecule has 0 aliphatic heterocycles. The molecule has 1 amide bonds. The first-order valence-corrected chi connectivity index (χ1v) is 7.01. The van der Waals surface area contributed by atoms with Gasteiger partial charge in [-0.3, -0.25) is 4.79 Å². The van der Waals surface area contributed by atoms with E-state index in [2.05, 4.69) is 36.5 Å². The van der Waals surface area contributed by atoms with Gasteiger partial charge < -0.3 is 15.5 Å². The fourth-order valence-electron chi connectivity index (χ4n) is 1.55. The lowest BCUT2D eigenvalue weighted by Gasteiger charge is -2.21. The van der Waals surface area contributed by atoms with Crippen LogP contribution in [-0.2, 0) is 4.79 Å². The van der Waals surface area contributed by atoms with Gasteiger partial charge in [0.2, 0.25) is 11.9 Å². The summed E-state index contributed by atoms with van der Waals surface area (Å²) in [5, 5.41) is 5.83. The monoisotopic (exact) mass is 329 g/mol. The third-order valence-corrected chi connectivity index (χ3v) is 3.00. The van der Waals surface area contributed by atoms with Gasteiger partial charge in [-0.15, -0.1) is 0 Å². The van der Waals surface area contributed by atoms with Gasteiger partial charge in [0.1, 0.15) is 5.82 Å². The highest BCUT2D eigenvalue weighted by Crippen LogP contribution is 2.20. The minimum absolute atomic E-state index is 0.0330. The molecule has 0 atom stereocenters. The number of halogens is 1. The van der Waals surface area contributed by atoms with E-state index in [4.69, 9.17) is 0 Å². The van der Waals surface area contributed by atoms with Crippen molar-refractivity contribution in [2.45, 2.75) is 26.8 Å². The van der Waals surface area contributed by atoms with Gasteiger partial charge in [0.05, 0.1) is 11.0 Å². The molecule has 19 heavy (non-hydrogen) atoms. The van der Waals surface area contributed by atoms with Gasteiger partial charge in [0.15, 0.2) is 0 Å². The molecule has 0 aliphatic rings. The second-order valence-corrected chi connectivity index (χ2v) is 5.21. The molecule has 0 saturated carbocycles. The molecule has 106 valence electrons. The van der Waals surface area contributed by atoms with Crippen LogP contribution in [0.25, 0.3) is 0 Å². The molecule has 0 saturated heterocycles. The highest BCUT2D eigenvalue weighted by molar-refractivity contribution is 9.10. The fourth-order valence-corrected chi connectivity index (χ4v) is 1.94. The number of amides is 1. The van der Waals surface area contributed by atoms with E-state index in [9.17, 15) is 4.79 Å². The van der Waals surface area contributed by atoms with Crippen molar-refractivity contribution in [2.75, 3.05) is 30.4 Å². The molecule has 2 N–H and O–H groups in total. The molecule has 7 heteroatoms. The Bertz CT molecular complexity index is 438. The second-order valence-electron chi connectivity index (χ2n) is 4.35. The van der Waals surface area contributed by atoms with E-state index in [-0.39, 0.29) is 18.5 Å². The van der Waals surface area contributed by atoms with Gasteiger partial charge in [-0.2, -0.15) is 4.98 Å². The van der Waals surface area contributed by atoms with Gasteiger partial charge in [0.25, 0.3) is 0 Å². The number of hydrogen-bond acceptors (Lipinski definition) is 5. The summed E-state index contributed by atoms with van der Waals surface area (Å²) in [5.74, 6) is 1.20. The molecule has 1 rings (SSSR count). The molecule has 0 radical (unpaired) electrons. The summed E-state index contributed by atoms with van der Waals surface area (Å²) in [7, 11) is 1.79. The summed E-state index contributed by atoms with van der Waals surface area (Å²) in [4.78, 5) is 22.2. The third kappa shape index (κ3) is 4.66. The maximum absolute atomic E-state index is 11.8. The Labute approximate surface area is 122 Å². The molecule has 0 aliphatic carbocycles. The van der Waals surface area contributed by atoms with Crippen molar-refractivity contribution in [3.63, 3.8) is 0 Å². The maximum atomic E-state index is 11.8. The van der Waals surface area contributed by atoms with Gasteiger partial charge in [-0.25, -0.2) is 4.98 Å². The second kappa shape index (κ2) is 7.28. The van der Waals surface area contributed by atoms with Gasteiger partial charge >= 0.3 is 0 Å². The molecule has 1 aromatic rings. The molecule has 0 unspecified atom stereocenters.